The minimum Gasteiger partial charge on any atom is -0.444 e. The number of nitrogen functional groups attached to an aromatic ring is 1. The smallest absolute Gasteiger partial charge is 0.410 e. The lowest BCUT2D eigenvalue weighted by molar-refractivity contribution is 0.0196. The molecule has 0 aromatic carbocycles. The highest BCUT2D eigenvalue weighted by atomic mass is 35.5. The number of hydrogen-bond donors (Lipinski definition) is 1. The van der Waals surface area contributed by atoms with Crippen LogP contribution in [0.1, 0.15) is 26.5 Å². The van der Waals surface area contributed by atoms with E-state index in [9.17, 15) is 4.79 Å². The number of nitrogens with zero attached hydrogens (tertiary/aromatic N) is 4. The van der Waals surface area contributed by atoms with E-state index in [1.165, 1.54) is 0 Å². The molecule has 8 heteroatoms. The molecule has 122 valence electrons. The minimum absolute atomic E-state index is 0.0884. The van der Waals surface area contributed by atoms with Crippen molar-refractivity contribution < 1.29 is 9.53 Å². The Bertz CT molecular complexity index is 555. The van der Waals surface area contributed by atoms with Crippen LogP contribution in [0.15, 0.2) is 6.07 Å². The number of aromatic nitrogens is 2. The Morgan fingerprint density at radius 3 is 2.68 bits per heavy atom. The maximum absolute atomic E-state index is 12.0. The van der Waals surface area contributed by atoms with E-state index >= 15 is 0 Å². The summed E-state index contributed by atoms with van der Waals surface area (Å²) in [7, 11) is 1.74. The molecule has 0 unspecified atom stereocenters. The highest BCUT2D eigenvalue weighted by Crippen LogP contribution is 2.24. The molecule has 1 aromatic heterocycles. The Morgan fingerprint density at radius 1 is 1.50 bits per heavy atom. The molecule has 1 aliphatic rings. The number of carbonyl (C=O) groups is 1. The average Bonchev–Trinajstić information content (AvgIpc) is 2.34. The molecule has 0 spiro atoms. The lowest BCUT2D eigenvalue weighted by Gasteiger charge is -2.44. The average molecular weight is 328 g/mol. The van der Waals surface area contributed by atoms with Crippen LogP contribution < -0.4 is 10.6 Å². The Labute approximate surface area is 135 Å². The molecule has 1 amide bonds. The number of amides is 1. The van der Waals surface area contributed by atoms with Crippen molar-refractivity contribution in [3.8, 4) is 0 Å². The predicted octanol–water partition coefficient (Wildman–Crippen LogP) is 1.85. The number of halogens is 1. The lowest BCUT2D eigenvalue weighted by atomic mass is 10.1. The molecule has 7 nitrogen and oxygen atoms in total. The monoisotopic (exact) mass is 327 g/mol. The van der Waals surface area contributed by atoms with E-state index in [1.807, 2.05) is 31.7 Å². The molecule has 2 rings (SSSR count). The fourth-order valence-electron chi connectivity index (χ4n) is 2.10. The highest BCUT2D eigenvalue weighted by molar-refractivity contribution is 6.16. The van der Waals surface area contributed by atoms with Crippen molar-refractivity contribution in [3.63, 3.8) is 0 Å². The van der Waals surface area contributed by atoms with Crippen LogP contribution in [-0.4, -0.2) is 52.7 Å². The maximum Gasteiger partial charge on any atom is 0.410 e. The number of nitrogens with two attached hydrogens (primary N) is 1. The Balaban J connectivity index is 1.94. The van der Waals surface area contributed by atoms with E-state index < -0.39 is 5.60 Å². The van der Waals surface area contributed by atoms with Gasteiger partial charge in [0.2, 0.25) is 5.95 Å². The predicted molar refractivity (Wildman–Crippen MR) is 86.0 cm³/mol. The first-order valence-electron chi connectivity index (χ1n) is 7.10. The van der Waals surface area contributed by atoms with Gasteiger partial charge in [-0.15, -0.1) is 11.6 Å². The van der Waals surface area contributed by atoms with E-state index in [0.29, 0.717) is 18.8 Å². The molecule has 0 saturated carbocycles. The molecule has 1 fully saturated rings. The molecule has 2 heterocycles. The van der Waals surface area contributed by atoms with Gasteiger partial charge in [0.05, 0.1) is 17.6 Å². The summed E-state index contributed by atoms with van der Waals surface area (Å²) in [6, 6.07) is 1.90. The summed E-state index contributed by atoms with van der Waals surface area (Å²) < 4.78 is 5.36. The molecule has 0 atom stereocenters. The van der Waals surface area contributed by atoms with Gasteiger partial charge in [0.15, 0.2) is 0 Å². The summed E-state index contributed by atoms with van der Waals surface area (Å²) >= 11 is 5.79. The fraction of sp³-hybridized carbons (Fsp3) is 0.643. The van der Waals surface area contributed by atoms with Crippen molar-refractivity contribution in [2.24, 2.45) is 0 Å². The Kier molecular flexibility index (Phi) is 4.65. The van der Waals surface area contributed by atoms with Crippen LogP contribution in [0.5, 0.6) is 0 Å². The van der Waals surface area contributed by atoms with Crippen LogP contribution in [-0.2, 0) is 10.6 Å². The number of rotatable bonds is 3. The number of hydrogen-bond acceptors (Lipinski definition) is 6. The largest absolute Gasteiger partial charge is 0.444 e. The minimum atomic E-state index is -0.495. The van der Waals surface area contributed by atoms with Gasteiger partial charge in [-0.05, 0) is 20.8 Å². The highest BCUT2D eigenvalue weighted by Gasteiger charge is 2.35. The topological polar surface area (TPSA) is 84.6 Å². The van der Waals surface area contributed by atoms with Gasteiger partial charge in [-0.25, -0.2) is 9.78 Å². The van der Waals surface area contributed by atoms with Crippen molar-refractivity contribution in [2.45, 2.75) is 38.3 Å². The van der Waals surface area contributed by atoms with Gasteiger partial charge < -0.3 is 20.3 Å². The first-order valence-corrected chi connectivity index (χ1v) is 7.63. The molecule has 0 radical (unpaired) electrons. The number of alkyl halides is 1. The standard InChI is InChI=1S/C14H22ClN5O2/c1-14(2,3)22-13(21)19(4)10-7-20(8-10)11-5-9(6-15)17-12(16)18-11/h5,10H,6-8H2,1-4H3,(H2,16,17,18). The summed E-state index contributed by atoms with van der Waals surface area (Å²) in [5, 5.41) is 0. The van der Waals surface area contributed by atoms with Crippen LogP contribution in [0.2, 0.25) is 0 Å². The molecule has 0 bridgehead atoms. The van der Waals surface area contributed by atoms with Crippen LogP contribution >= 0.6 is 11.6 Å². The molecule has 1 aliphatic heterocycles. The zero-order valence-electron chi connectivity index (χ0n) is 13.3. The van der Waals surface area contributed by atoms with E-state index in [2.05, 4.69) is 9.97 Å². The van der Waals surface area contributed by atoms with Gasteiger partial charge in [-0.3, -0.25) is 0 Å². The number of likely N-dealkylation sites (N-methyl/N-ethyl adjacent to an activating group) is 1. The zero-order valence-corrected chi connectivity index (χ0v) is 14.1. The number of ether oxygens (including phenoxy) is 1. The first-order chi connectivity index (χ1) is 10.2. The van der Waals surface area contributed by atoms with Gasteiger partial charge in [0, 0.05) is 26.2 Å². The fourth-order valence-corrected chi connectivity index (χ4v) is 2.24. The molecule has 22 heavy (non-hydrogen) atoms. The van der Waals surface area contributed by atoms with Crippen molar-refractivity contribution in [3.05, 3.63) is 11.8 Å². The third-order valence-electron chi connectivity index (χ3n) is 3.34. The number of carbonyl (C=O) groups excluding carboxylic acids is 1. The van der Waals surface area contributed by atoms with Crippen LogP contribution in [0, 0.1) is 0 Å². The quantitative estimate of drug-likeness (QED) is 0.853. The molecule has 2 N–H and O–H groups in total. The van der Waals surface area contributed by atoms with Crippen molar-refractivity contribution in [1.82, 2.24) is 14.9 Å². The SMILES string of the molecule is CN(C(=O)OC(C)(C)C)C1CN(c2cc(CCl)nc(N)n2)C1. The second-order valence-corrected chi connectivity index (χ2v) is 6.63. The van der Waals surface area contributed by atoms with Crippen LogP contribution in [0.4, 0.5) is 16.6 Å². The van der Waals surface area contributed by atoms with E-state index in [-0.39, 0.29) is 24.0 Å². The number of anilines is 2. The lowest BCUT2D eigenvalue weighted by Crippen LogP contribution is -2.60. The second-order valence-electron chi connectivity index (χ2n) is 6.36. The van der Waals surface area contributed by atoms with E-state index in [1.54, 1.807) is 11.9 Å². The zero-order chi connectivity index (χ0) is 16.5. The third kappa shape index (κ3) is 3.91. The normalized spacial score (nSPS) is 15.4. The van der Waals surface area contributed by atoms with Crippen LogP contribution in [0.25, 0.3) is 0 Å². The van der Waals surface area contributed by atoms with Crippen molar-refractivity contribution >= 4 is 29.5 Å². The van der Waals surface area contributed by atoms with Gasteiger partial charge >= 0.3 is 6.09 Å². The van der Waals surface area contributed by atoms with Crippen LogP contribution in [0.3, 0.4) is 0 Å². The van der Waals surface area contributed by atoms with E-state index in [0.717, 1.165) is 5.82 Å². The molecular weight excluding hydrogens is 306 g/mol. The van der Waals surface area contributed by atoms with Gasteiger partial charge in [-0.1, -0.05) is 0 Å². The molecule has 1 saturated heterocycles. The first kappa shape index (κ1) is 16.6. The summed E-state index contributed by atoms with van der Waals surface area (Å²) in [6.45, 7) is 6.90. The van der Waals surface area contributed by atoms with E-state index in [4.69, 9.17) is 22.1 Å². The van der Waals surface area contributed by atoms with Gasteiger partial charge in [-0.2, -0.15) is 4.98 Å². The second kappa shape index (κ2) is 6.16. The maximum atomic E-state index is 12.0. The molecule has 1 aromatic rings. The third-order valence-corrected chi connectivity index (χ3v) is 3.61. The van der Waals surface area contributed by atoms with Crippen molar-refractivity contribution in [1.29, 1.82) is 0 Å². The van der Waals surface area contributed by atoms with Gasteiger partial charge in [0.1, 0.15) is 11.4 Å². The summed E-state index contributed by atoms with van der Waals surface area (Å²) in [6.07, 6.45) is -0.319. The Hall–Kier alpha value is -1.76. The van der Waals surface area contributed by atoms with Gasteiger partial charge in [0.25, 0.3) is 0 Å². The molecule has 0 aliphatic carbocycles. The molecular formula is C14H22ClN5O2. The Morgan fingerprint density at radius 2 is 2.14 bits per heavy atom. The summed E-state index contributed by atoms with van der Waals surface area (Å²) in [5.74, 6) is 1.23. The summed E-state index contributed by atoms with van der Waals surface area (Å²) in [5.41, 5.74) is 5.86. The van der Waals surface area contributed by atoms with Crippen molar-refractivity contribution in [2.75, 3.05) is 30.8 Å². The summed E-state index contributed by atoms with van der Waals surface area (Å²) in [4.78, 5) is 23.9.